The molecule has 84 valence electrons. The van der Waals surface area contributed by atoms with E-state index in [4.69, 9.17) is 10.2 Å². The van der Waals surface area contributed by atoms with Gasteiger partial charge < -0.3 is 10.2 Å². The van der Waals surface area contributed by atoms with Crippen molar-refractivity contribution in [3.05, 3.63) is 39.4 Å². The van der Waals surface area contributed by atoms with Crippen LogP contribution in [0.25, 0.3) is 0 Å². The van der Waals surface area contributed by atoms with E-state index in [1.165, 1.54) is 6.07 Å². The third-order valence-corrected chi connectivity index (χ3v) is 1.84. The van der Waals surface area contributed by atoms with Gasteiger partial charge in [0.1, 0.15) is 5.56 Å². The molecule has 0 unspecified atom stereocenters. The van der Waals surface area contributed by atoms with Crippen LogP contribution in [0.1, 0.15) is 15.9 Å². The fourth-order valence-corrected chi connectivity index (χ4v) is 1.20. The molecular weight excluding hydrogens is 218 g/mol. The van der Waals surface area contributed by atoms with Crippen LogP contribution >= 0.6 is 0 Å². The monoisotopic (exact) mass is 225 g/mol. The maximum atomic E-state index is 10.7. The summed E-state index contributed by atoms with van der Waals surface area (Å²) < 4.78 is 0. The average Bonchev–Trinajstić information content (AvgIpc) is 2.16. The van der Waals surface area contributed by atoms with Gasteiger partial charge in [0.05, 0.1) is 11.3 Å². The molecule has 0 saturated carbocycles. The van der Waals surface area contributed by atoms with Crippen molar-refractivity contribution in [1.29, 1.82) is 0 Å². The second-order valence-corrected chi connectivity index (χ2v) is 2.98. The van der Waals surface area contributed by atoms with Gasteiger partial charge in [0.2, 0.25) is 0 Å². The summed E-state index contributed by atoms with van der Waals surface area (Å²) >= 11 is 0. The Morgan fingerprint density at radius 1 is 1.31 bits per heavy atom. The minimum atomic E-state index is -1.46. The molecule has 1 aromatic carbocycles. The number of carboxylic acids is 2. The standard InChI is InChI=1S/C9H7NO6/c11-8(12)4-5-1-2-7(10(15)16)6(3-5)9(13)14/h1-3H,4H2,(H,11,12)(H,13,14). The molecular formula is C9H7NO6. The van der Waals surface area contributed by atoms with E-state index < -0.39 is 28.1 Å². The number of benzene rings is 1. The molecule has 0 radical (unpaired) electrons. The van der Waals surface area contributed by atoms with Gasteiger partial charge in [-0.2, -0.15) is 0 Å². The molecule has 0 saturated heterocycles. The number of aliphatic carboxylic acids is 1. The van der Waals surface area contributed by atoms with E-state index in [9.17, 15) is 19.7 Å². The molecule has 2 N–H and O–H groups in total. The van der Waals surface area contributed by atoms with Crippen LogP contribution in [-0.2, 0) is 11.2 Å². The zero-order chi connectivity index (χ0) is 12.3. The minimum Gasteiger partial charge on any atom is -0.481 e. The molecule has 7 heteroatoms. The quantitative estimate of drug-likeness (QED) is 0.581. The summed E-state index contributed by atoms with van der Waals surface area (Å²) in [6, 6.07) is 3.20. The lowest BCUT2D eigenvalue weighted by atomic mass is 10.1. The molecule has 7 nitrogen and oxygen atoms in total. The summed E-state index contributed by atoms with van der Waals surface area (Å²) in [5.41, 5.74) is -0.860. The van der Waals surface area contributed by atoms with Crippen molar-refractivity contribution in [2.45, 2.75) is 6.42 Å². The normalized spacial score (nSPS) is 9.75. The van der Waals surface area contributed by atoms with Crippen LogP contribution in [0.15, 0.2) is 18.2 Å². The van der Waals surface area contributed by atoms with Gasteiger partial charge in [-0.3, -0.25) is 14.9 Å². The smallest absolute Gasteiger partial charge is 0.342 e. The first kappa shape index (κ1) is 11.6. The predicted molar refractivity (Wildman–Crippen MR) is 51.4 cm³/mol. The molecule has 0 atom stereocenters. The van der Waals surface area contributed by atoms with Crippen LogP contribution in [0.2, 0.25) is 0 Å². The average molecular weight is 225 g/mol. The van der Waals surface area contributed by atoms with Gasteiger partial charge in [-0.05, 0) is 11.6 Å². The molecule has 16 heavy (non-hydrogen) atoms. The molecule has 0 heterocycles. The van der Waals surface area contributed by atoms with E-state index in [2.05, 4.69) is 0 Å². The van der Waals surface area contributed by atoms with Crippen LogP contribution in [0, 0.1) is 10.1 Å². The van der Waals surface area contributed by atoms with Crippen LogP contribution in [0.3, 0.4) is 0 Å². The lowest BCUT2D eigenvalue weighted by Crippen LogP contribution is -2.06. The van der Waals surface area contributed by atoms with Crippen molar-refractivity contribution < 1.29 is 24.7 Å². The fourth-order valence-electron chi connectivity index (χ4n) is 1.20. The third kappa shape index (κ3) is 2.53. The summed E-state index contributed by atoms with van der Waals surface area (Å²) in [5.74, 6) is -2.59. The van der Waals surface area contributed by atoms with Crippen molar-refractivity contribution in [2.24, 2.45) is 0 Å². The highest BCUT2D eigenvalue weighted by Crippen LogP contribution is 2.20. The Hall–Kier alpha value is -2.44. The topological polar surface area (TPSA) is 118 Å². The number of carbonyl (C=O) groups is 2. The van der Waals surface area contributed by atoms with E-state index in [1.807, 2.05) is 0 Å². The second-order valence-electron chi connectivity index (χ2n) is 2.98. The van der Waals surface area contributed by atoms with Gasteiger partial charge in [0.25, 0.3) is 5.69 Å². The summed E-state index contributed by atoms with van der Waals surface area (Å²) in [6.45, 7) is 0. The predicted octanol–water partition coefficient (Wildman–Crippen LogP) is 0.920. The van der Waals surface area contributed by atoms with Crippen molar-refractivity contribution in [2.75, 3.05) is 0 Å². The van der Waals surface area contributed by atoms with Gasteiger partial charge >= 0.3 is 11.9 Å². The largest absolute Gasteiger partial charge is 0.481 e. The van der Waals surface area contributed by atoms with Gasteiger partial charge in [-0.1, -0.05) is 6.07 Å². The van der Waals surface area contributed by atoms with E-state index in [-0.39, 0.29) is 12.0 Å². The number of hydrogen-bond donors (Lipinski definition) is 2. The third-order valence-electron chi connectivity index (χ3n) is 1.84. The first-order chi connectivity index (χ1) is 7.41. The molecule has 0 spiro atoms. The van der Waals surface area contributed by atoms with Crippen LogP contribution in [0.5, 0.6) is 0 Å². The number of aromatic carboxylic acids is 1. The first-order valence-electron chi connectivity index (χ1n) is 4.14. The Morgan fingerprint density at radius 2 is 1.94 bits per heavy atom. The summed E-state index contributed by atoms with van der Waals surface area (Å²) in [4.78, 5) is 30.8. The minimum absolute atomic E-state index is 0.204. The number of rotatable bonds is 4. The Labute approximate surface area is 89.1 Å². The molecule has 1 rings (SSSR count). The van der Waals surface area contributed by atoms with E-state index >= 15 is 0 Å². The van der Waals surface area contributed by atoms with Gasteiger partial charge in [0.15, 0.2) is 0 Å². The number of nitro groups is 1. The van der Waals surface area contributed by atoms with Gasteiger partial charge in [-0.15, -0.1) is 0 Å². The Bertz CT molecular complexity index is 467. The first-order valence-corrected chi connectivity index (χ1v) is 4.14. The fraction of sp³-hybridized carbons (Fsp3) is 0.111. The Balaban J connectivity index is 3.22. The van der Waals surface area contributed by atoms with Crippen LogP contribution in [0.4, 0.5) is 5.69 Å². The SMILES string of the molecule is O=C(O)Cc1ccc([N+](=O)[O-])c(C(=O)O)c1. The Morgan fingerprint density at radius 3 is 2.38 bits per heavy atom. The molecule has 0 amide bonds. The van der Waals surface area contributed by atoms with Crippen LogP contribution < -0.4 is 0 Å². The highest BCUT2D eigenvalue weighted by Gasteiger charge is 2.20. The maximum absolute atomic E-state index is 10.7. The summed E-state index contributed by atoms with van der Waals surface area (Å²) in [7, 11) is 0. The molecule has 0 aliphatic carbocycles. The number of carboxylic acid groups (broad SMARTS) is 2. The van der Waals surface area contributed by atoms with Gasteiger partial charge in [0, 0.05) is 6.07 Å². The van der Waals surface area contributed by atoms with Gasteiger partial charge in [-0.25, -0.2) is 4.79 Å². The molecule has 0 aromatic heterocycles. The van der Waals surface area contributed by atoms with E-state index in [1.54, 1.807) is 0 Å². The zero-order valence-corrected chi connectivity index (χ0v) is 7.91. The Kier molecular flexibility index (Phi) is 3.19. The number of nitrogens with zero attached hydrogens (tertiary/aromatic N) is 1. The van der Waals surface area contributed by atoms with Crippen molar-refractivity contribution in [1.82, 2.24) is 0 Å². The van der Waals surface area contributed by atoms with Crippen molar-refractivity contribution in [3.8, 4) is 0 Å². The van der Waals surface area contributed by atoms with Crippen molar-refractivity contribution in [3.63, 3.8) is 0 Å². The van der Waals surface area contributed by atoms with E-state index in [0.29, 0.717) is 0 Å². The lowest BCUT2D eigenvalue weighted by molar-refractivity contribution is -0.385. The molecule has 0 bridgehead atoms. The number of nitro benzene ring substituents is 1. The summed E-state index contributed by atoms with van der Waals surface area (Å²) in [6.07, 6.45) is -0.377. The zero-order valence-electron chi connectivity index (χ0n) is 7.91. The molecule has 1 aromatic rings. The summed E-state index contributed by atoms with van der Waals surface area (Å²) in [5, 5.41) is 27.7. The van der Waals surface area contributed by atoms with Crippen LogP contribution in [-0.4, -0.2) is 27.1 Å². The highest BCUT2D eigenvalue weighted by atomic mass is 16.6. The second kappa shape index (κ2) is 4.39. The highest BCUT2D eigenvalue weighted by molar-refractivity contribution is 5.92. The van der Waals surface area contributed by atoms with E-state index in [0.717, 1.165) is 12.1 Å². The maximum Gasteiger partial charge on any atom is 0.342 e. The molecule has 0 aliphatic rings. The number of hydrogen-bond acceptors (Lipinski definition) is 4. The molecule has 0 fully saturated rings. The lowest BCUT2D eigenvalue weighted by Gasteiger charge is -2.01. The molecule has 0 aliphatic heterocycles. The van der Waals surface area contributed by atoms with Crippen molar-refractivity contribution >= 4 is 17.6 Å².